The van der Waals surface area contributed by atoms with Crippen LogP contribution in [-0.4, -0.2) is 47.7 Å². The van der Waals surface area contributed by atoms with Gasteiger partial charge in [-0.05, 0) is 48.5 Å². The second-order valence-corrected chi connectivity index (χ2v) is 8.63. The van der Waals surface area contributed by atoms with E-state index in [0.717, 1.165) is 17.3 Å². The molecule has 0 saturated heterocycles. The van der Waals surface area contributed by atoms with Crippen molar-refractivity contribution in [1.29, 1.82) is 0 Å². The number of benzene rings is 1. The van der Waals surface area contributed by atoms with Crippen LogP contribution in [-0.2, 0) is 25.5 Å². The number of carbonyl (C=O) groups excluding carboxylic acids is 3. The van der Waals surface area contributed by atoms with E-state index in [1.807, 2.05) is 24.5 Å². The summed E-state index contributed by atoms with van der Waals surface area (Å²) in [5.41, 5.74) is 6.69. The molecule has 0 saturated carbocycles. The maximum Gasteiger partial charge on any atom is 0.330 e. The number of esters is 2. The first-order valence-corrected chi connectivity index (χ1v) is 11.3. The van der Waals surface area contributed by atoms with E-state index in [9.17, 15) is 14.4 Å². The van der Waals surface area contributed by atoms with Crippen molar-refractivity contribution >= 4 is 40.6 Å². The van der Waals surface area contributed by atoms with Crippen molar-refractivity contribution in [3.05, 3.63) is 23.8 Å². The van der Waals surface area contributed by atoms with Crippen LogP contribution in [0.3, 0.4) is 0 Å². The minimum absolute atomic E-state index is 0.0235. The third kappa shape index (κ3) is 7.37. The van der Waals surface area contributed by atoms with Gasteiger partial charge in [-0.1, -0.05) is 17.8 Å². The van der Waals surface area contributed by atoms with Crippen LogP contribution < -0.4 is 15.2 Å². The summed E-state index contributed by atoms with van der Waals surface area (Å²) in [6.45, 7) is 1.67. The second kappa shape index (κ2) is 11.3. The Morgan fingerprint density at radius 3 is 2.71 bits per heavy atom. The molecular formula is C19H25NO6S2. The third-order valence-corrected chi connectivity index (χ3v) is 5.78. The molecule has 0 aromatic heterocycles. The normalized spacial score (nSPS) is 14.4. The van der Waals surface area contributed by atoms with Gasteiger partial charge in [-0.3, -0.25) is 9.59 Å². The molecule has 0 aliphatic carbocycles. The summed E-state index contributed by atoms with van der Waals surface area (Å²) in [7, 11) is 0. The summed E-state index contributed by atoms with van der Waals surface area (Å²) in [5.74, 6) is 1.00. The average molecular weight is 428 g/mol. The monoisotopic (exact) mass is 427 g/mol. The summed E-state index contributed by atoms with van der Waals surface area (Å²) in [6, 6.07) is 4.77. The number of fused-ring (bicyclic) bond motifs is 1. The van der Waals surface area contributed by atoms with Gasteiger partial charge in [0.2, 0.25) is 6.79 Å². The van der Waals surface area contributed by atoms with Gasteiger partial charge in [0, 0.05) is 19.1 Å². The molecule has 0 bridgehead atoms. The van der Waals surface area contributed by atoms with E-state index in [2.05, 4.69) is 0 Å². The van der Waals surface area contributed by atoms with E-state index in [0.29, 0.717) is 35.8 Å². The average Bonchev–Trinajstić information content (AvgIpc) is 3.11. The van der Waals surface area contributed by atoms with E-state index >= 15 is 0 Å². The van der Waals surface area contributed by atoms with Gasteiger partial charge in [-0.25, -0.2) is 4.79 Å². The molecule has 1 heterocycles. The van der Waals surface area contributed by atoms with Crippen LogP contribution in [0.5, 0.6) is 11.5 Å². The Morgan fingerprint density at radius 2 is 2.00 bits per heavy atom. The molecule has 1 unspecified atom stereocenters. The van der Waals surface area contributed by atoms with E-state index in [1.165, 1.54) is 6.92 Å². The number of nitrogens with two attached hydrogens (primary N) is 1. The van der Waals surface area contributed by atoms with Gasteiger partial charge in [-0.15, -0.1) is 0 Å². The summed E-state index contributed by atoms with van der Waals surface area (Å²) >= 11 is 2.72. The second-order valence-electron chi connectivity index (χ2n) is 6.45. The molecule has 2 atom stereocenters. The first kappa shape index (κ1) is 22.6. The van der Waals surface area contributed by atoms with Crippen molar-refractivity contribution in [2.24, 2.45) is 11.7 Å². The number of carbonyl (C=O) groups is 3. The van der Waals surface area contributed by atoms with Crippen LogP contribution in [0.25, 0.3) is 0 Å². The number of rotatable bonds is 10. The van der Waals surface area contributed by atoms with Crippen LogP contribution in [0, 0.1) is 5.92 Å². The van der Waals surface area contributed by atoms with E-state index in [-0.39, 0.29) is 24.2 Å². The van der Waals surface area contributed by atoms with Gasteiger partial charge < -0.3 is 19.9 Å². The predicted molar refractivity (Wildman–Crippen MR) is 110 cm³/mol. The molecule has 1 aromatic carbocycles. The Bertz CT molecular complexity index is 712. The molecule has 1 aliphatic rings. The number of hydrogen-bond donors (Lipinski definition) is 1. The van der Waals surface area contributed by atoms with E-state index in [4.69, 9.17) is 19.9 Å². The van der Waals surface area contributed by atoms with Crippen LogP contribution in [0.4, 0.5) is 0 Å². The van der Waals surface area contributed by atoms with Crippen molar-refractivity contribution in [2.45, 2.75) is 32.2 Å². The molecule has 154 valence electrons. The lowest BCUT2D eigenvalue weighted by molar-refractivity contribution is -0.161. The van der Waals surface area contributed by atoms with Gasteiger partial charge in [-0.2, -0.15) is 11.8 Å². The van der Waals surface area contributed by atoms with Crippen molar-refractivity contribution in [2.75, 3.05) is 24.6 Å². The van der Waals surface area contributed by atoms with Crippen LogP contribution in [0.1, 0.15) is 25.3 Å². The first-order chi connectivity index (χ1) is 13.4. The lowest BCUT2D eigenvalue weighted by Crippen LogP contribution is -2.34. The molecule has 0 amide bonds. The fourth-order valence-electron chi connectivity index (χ4n) is 2.65. The number of thioether (sulfide) groups is 2. The highest BCUT2D eigenvalue weighted by Crippen LogP contribution is 2.33. The lowest BCUT2D eigenvalue weighted by atomic mass is 9.97. The lowest BCUT2D eigenvalue weighted by Gasteiger charge is -2.16. The first-order valence-electron chi connectivity index (χ1n) is 8.90. The molecule has 9 heteroatoms. The molecule has 1 aliphatic heterocycles. The van der Waals surface area contributed by atoms with Crippen LogP contribution in [0.15, 0.2) is 18.2 Å². The standard InChI is InChI=1S/C19H25NO6S2/c1-12(21)28-10-14(7-13-3-4-16-17(8-13)25-11-24-16)9-18(22)26-19(23)15(20)5-6-27-2/h3-4,8,14-15H,5-7,9-11,20H2,1-2H3/t14?,15-/m0/s1. The Balaban J connectivity index is 1.95. The summed E-state index contributed by atoms with van der Waals surface area (Å²) in [4.78, 5) is 35.5. The highest BCUT2D eigenvalue weighted by Gasteiger charge is 2.23. The summed E-state index contributed by atoms with van der Waals surface area (Å²) in [6.07, 6.45) is 2.93. The van der Waals surface area contributed by atoms with Gasteiger partial charge in [0.25, 0.3) is 0 Å². The SMILES string of the molecule is CSCC[C@H](N)C(=O)OC(=O)CC(CSC(C)=O)Cc1ccc2c(c1)OCO2. The minimum Gasteiger partial charge on any atom is -0.454 e. The van der Waals surface area contributed by atoms with Crippen LogP contribution in [0.2, 0.25) is 0 Å². The molecule has 0 radical (unpaired) electrons. The van der Waals surface area contributed by atoms with Crippen molar-refractivity contribution in [3.63, 3.8) is 0 Å². The molecule has 7 nitrogen and oxygen atoms in total. The topological polar surface area (TPSA) is 105 Å². The fraction of sp³-hybridized carbons (Fsp3) is 0.526. The number of hydrogen-bond acceptors (Lipinski definition) is 9. The van der Waals surface area contributed by atoms with Crippen molar-refractivity contribution in [1.82, 2.24) is 0 Å². The maximum absolute atomic E-state index is 12.2. The van der Waals surface area contributed by atoms with Gasteiger partial charge >= 0.3 is 11.9 Å². The molecule has 2 N–H and O–H groups in total. The zero-order valence-corrected chi connectivity index (χ0v) is 17.6. The molecular weight excluding hydrogens is 402 g/mol. The Labute approximate surface area is 173 Å². The number of ether oxygens (including phenoxy) is 3. The Kier molecular flexibility index (Phi) is 9.14. The van der Waals surface area contributed by atoms with E-state index < -0.39 is 18.0 Å². The van der Waals surface area contributed by atoms with Gasteiger partial charge in [0.05, 0.1) is 0 Å². The van der Waals surface area contributed by atoms with Crippen molar-refractivity contribution in [3.8, 4) is 11.5 Å². The highest BCUT2D eigenvalue weighted by molar-refractivity contribution is 8.13. The zero-order chi connectivity index (χ0) is 20.5. The quantitative estimate of drug-likeness (QED) is 0.445. The summed E-state index contributed by atoms with van der Waals surface area (Å²) in [5, 5.41) is -0.0285. The summed E-state index contributed by atoms with van der Waals surface area (Å²) < 4.78 is 15.6. The Morgan fingerprint density at radius 1 is 1.25 bits per heavy atom. The molecule has 0 spiro atoms. The van der Waals surface area contributed by atoms with Crippen LogP contribution >= 0.6 is 23.5 Å². The predicted octanol–water partition coefficient (Wildman–Crippen LogP) is 2.39. The van der Waals surface area contributed by atoms with Gasteiger partial charge in [0.1, 0.15) is 6.04 Å². The smallest absolute Gasteiger partial charge is 0.330 e. The largest absolute Gasteiger partial charge is 0.454 e. The Hall–Kier alpha value is -1.71. The highest BCUT2D eigenvalue weighted by atomic mass is 32.2. The minimum atomic E-state index is -0.810. The molecule has 0 fully saturated rings. The molecule has 1 aromatic rings. The van der Waals surface area contributed by atoms with Gasteiger partial charge in [0.15, 0.2) is 16.6 Å². The fourth-order valence-corrected chi connectivity index (χ4v) is 3.85. The molecule has 28 heavy (non-hydrogen) atoms. The van der Waals surface area contributed by atoms with Crippen molar-refractivity contribution < 1.29 is 28.6 Å². The third-order valence-electron chi connectivity index (χ3n) is 4.09. The maximum atomic E-state index is 12.2. The molecule has 2 rings (SSSR count). The van der Waals surface area contributed by atoms with E-state index in [1.54, 1.807) is 11.8 Å². The zero-order valence-electron chi connectivity index (χ0n) is 16.0.